The van der Waals surface area contributed by atoms with Crippen LogP contribution in [0.1, 0.15) is 40.0 Å². The minimum absolute atomic E-state index is 0.494. The van der Waals surface area contributed by atoms with E-state index in [0.717, 1.165) is 0 Å². The van der Waals surface area contributed by atoms with Gasteiger partial charge in [-0.2, -0.15) is 0 Å². The lowest BCUT2D eigenvalue weighted by molar-refractivity contribution is 0.194. The minimum Gasteiger partial charge on any atom is -0.309 e. The van der Waals surface area contributed by atoms with Crippen molar-refractivity contribution in [2.24, 2.45) is 0 Å². The lowest BCUT2D eigenvalue weighted by Gasteiger charge is -2.41. The van der Waals surface area contributed by atoms with Gasteiger partial charge in [-0.3, -0.25) is 0 Å². The van der Waals surface area contributed by atoms with Crippen LogP contribution in [0.2, 0.25) is 0 Å². The molecule has 0 heterocycles. The molecular weight excluding hydrogens is 110 g/mol. The summed E-state index contributed by atoms with van der Waals surface area (Å²) in [7, 11) is 0. The number of hydrogen-bond acceptors (Lipinski definition) is 1. The molecule has 1 fully saturated rings. The molecule has 0 aromatic rings. The van der Waals surface area contributed by atoms with Crippen LogP contribution < -0.4 is 5.32 Å². The molecule has 1 aliphatic carbocycles. The van der Waals surface area contributed by atoms with Gasteiger partial charge in [0.15, 0.2) is 0 Å². The van der Waals surface area contributed by atoms with Crippen LogP contribution in [0.25, 0.3) is 0 Å². The quantitative estimate of drug-likeness (QED) is 0.597. The Labute approximate surface area is 57.8 Å². The van der Waals surface area contributed by atoms with Gasteiger partial charge < -0.3 is 5.32 Å². The molecule has 0 aromatic heterocycles. The van der Waals surface area contributed by atoms with Crippen LogP contribution >= 0.6 is 0 Å². The van der Waals surface area contributed by atoms with Crippen LogP contribution in [0.4, 0.5) is 0 Å². The number of rotatable bonds is 2. The molecule has 1 heteroatoms. The largest absolute Gasteiger partial charge is 0.309 e. The number of nitrogens with one attached hydrogen (secondary N) is 1. The molecule has 1 rings (SSSR count). The van der Waals surface area contributed by atoms with E-state index in [1.807, 2.05) is 0 Å². The predicted octanol–water partition coefficient (Wildman–Crippen LogP) is 1.93. The van der Waals surface area contributed by atoms with E-state index in [1.165, 1.54) is 19.3 Å². The van der Waals surface area contributed by atoms with Gasteiger partial charge >= 0.3 is 0 Å². The molecule has 0 unspecified atom stereocenters. The summed E-state index contributed by atoms with van der Waals surface area (Å²) in [5, 5.41) is 3.56. The zero-order valence-corrected chi connectivity index (χ0v) is 6.70. The maximum atomic E-state index is 3.56. The molecule has 0 aromatic carbocycles. The molecule has 0 saturated heterocycles. The first-order valence-corrected chi connectivity index (χ1v) is 3.90. The summed E-state index contributed by atoms with van der Waals surface area (Å²) in [5.74, 6) is 0. The zero-order chi connectivity index (χ0) is 6.91. The first-order valence-electron chi connectivity index (χ1n) is 3.90. The standard InChI is InChI=1S/C8H17N/c1-7(2)9-8(3)5-4-6-8/h7,9H,4-6H2,1-3H3. The SMILES string of the molecule is CC(C)NC1(C)CCC1. The van der Waals surface area contributed by atoms with Crippen molar-refractivity contribution in [1.29, 1.82) is 0 Å². The van der Waals surface area contributed by atoms with Crippen molar-refractivity contribution in [2.75, 3.05) is 0 Å². The maximum Gasteiger partial charge on any atom is 0.0155 e. The van der Waals surface area contributed by atoms with Gasteiger partial charge in [-0.15, -0.1) is 0 Å². The Bertz CT molecular complexity index is 92.7. The Morgan fingerprint density at radius 1 is 1.33 bits per heavy atom. The highest BCUT2D eigenvalue weighted by Gasteiger charge is 2.31. The topological polar surface area (TPSA) is 12.0 Å². The van der Waals surface area contributed by atoms with Crippen LogP contribution in [0.3, 0.4) is 0 Å². The summed E-state index contributed by atoms with van der Waals surface area (Å²) in [6, 6.07) is 0.648. The van der Waals surface area contributed by atoms with Crippen LogP contribution in [0.5, 0.6) is 0 Å². The summed E-state index contributed by atoms with van der Waals surface area (Å²) < 4.78 is 0. The fourth-order valence-corrected chi connectivity index (χ4v) is 1.55. The molecular formula is C8H17N. The van der Waals surface area contributed by atoms with Crippen molar-refractivity contribution in [1.82, 2.24) is 5.32 Å². The van der Waals surface area contributed by atoms with Crippen LogP contribution in [0, 0.1) is 0 Å². The zero-order valence-electron chi connectivity index (χ0n) is 6.70. The molecule has 1 saturated carbocycles. The molecule has 0 amide bonds. The van der Waals surface area contributed by atoms with E-state index >= 15 is 0 Å². The van der Waals surface area contributed by atoms with Crippen LogP contribution in [-0.2, 0) is 0 Å². The Balaban J connectivity index is 2.24. The third-order valence-electron chi connectivity index (χ3n) is 2.09. The molecule has 0 bridgehead atoms. The highest BCUT2D eigenvalue weighted by Crippen LogP contribution is 2.31. The highest BCUT2D eigenvalue weighted by molar-refractivity contribution is 4.92. The molecule has 1 N–H and O–H groups in total. The van der Waals surface area contributed by atoms with E-state index in [9.17, 15) is 0 Å². The molecule has 1 aliphatic rings. The normalized spacial score (nSPS) is 24.0. The van der Waals surface area contributed by atoms with E-state index < -0.39 is 0 Å². The molecule has 54 valence electrons. The Hall–Kier alpha value is -0.0400. The van der Waals surface area contributed by atoms with Gasteiger partial charge in [0.2, 0.25) is 0 Å². The van der Waals surface area contributed by atoms with Crippen molar-refractivity contribution in [3.05, 3.63) is 0 Å². The van der Waals surface area contributed by atoms with Gasteiger partial charge in [0.05, 0.1) is 0 Å². The van der Waals surface area contributed by atoms with Crippen molar-refractivity contribution in [2.45, 2.75) is 51.6 Å². The van der Waals surface area contributed by atoms with Crippen molar-refractivity contribution in [3.8, 4) is 0 Å². The first-order chi connectivity index (χ1) is 4.12. The second kappa shape index (κ2) is 2.30. The van der Waals surface area contributed by atoms with E-state index in [2.05, 4.69) is 26.1 Å². The van der Waals surface area contributed by atoms with Crippen LogP contribution in [0.15, 0.2) is 0 Å². The number of hydrogen-bond donors (Lipinski definition) is 1. The van der Waals surface area contributed by atoms with Gasteiger partial charge in [0.25, 0.3) is 0 Å². The maximum absolute atomic E-state index is 3.56. The molecule has 0 aliphatic heterocycles. The first kappa shape index (κ1) is 7.07. The average Bonchev–Trinajstić information content (AvgIpc) is 1.60. The fourth-order valence-electron chi connectivity index (χ4n) is 1.55. The third kappa shape index (κ3) is 1.68. The lowest BCUT2D eigenvalue weighted by atomic mass is 9.78. The van der Waals surface area contributed by atoms with E-state index in [4.69, 9.17) is 0 Å². The molecule has 1 nitrogen and oxygen atoms in total. The van der Waals surface area contributed by atoms with Gasteiger partial charge in [-0.1, -0.05) is 13.8 Å². The smallest absolute Gasteiger partial charge is 0.0155 e. The molecule has 9 heavy (non-hydrogen) atoms. The van der Waals surface area contributed by atoms with Crippen molar-refractivity contribution < 1.29 is 0 Å². The second-order valence-electron chi connectivity index (χ2n) is 3.71. The van der Waals surface area contributed by atoms with Gasteiger partial charge in [-0.05, 0) is 26.2 Å². The van der Waals surface area contributed by atoms with Crippen molar-refractivity contribution >= 4 is 0 Å². The van der Waals surface area contributed by atoms with Gasteiger partial charge in [0, 0.05) is 11.6 Å². The summed E-state index contributed by atoms with van der Waals surface area (Å²) in [5.41, 5.74) is 0.494. The molecule has 0 spiro atoms. The predicted molar refractivity (Wildman–Crippen MR) is 40.5 cm³/mol. The van der Waals surface area contributed by atoms with Crippen LogP contribution in [-0.4, -0.2) is 11.6 Å². The highest BCUT2D eigenvalue weighted by atomic mass is 15.0. The Morgan fingerprint density at radius 3 is 2.00 bits per heavy atom. The summed E-state index contributed by atoms with van der Waals surface area (Å²) in [6.07, 6.45) is 4.15. The second-order valence-corrected chi connectivity index (χ2v) is 3.71. The van der Waals surface area contributed by atoms with Crippen molar-refractivity contribution in [3.63, 3.8) is 0 Å². The summed E-state index contributed by atoms with van der Waals surface area (Å²) >= 11 is 0. The van der Waals surface area contributed by atoms with E-state index in [-0.39, 0.29) is 0 Å². The monoisotopic (exact) mass is 127 g/mol. The molecule has 0 atom stereocenters. The Morgan fingerprint density at radius 2 is 1.89 bits per heavy atom. The average molecular weight is 127 g/mol. The minimum atomic E-state index is 0.494. The Kier molecular flexibility index (Phi) is 1.80. The molecule has 0 radical (unpaired) electrons. The van der Waals surface area contributed by atoms with Gasteiger partial charge in [-0.25, -0.2) is 0 Å². The van der Waals surface area contributed by atoms with E-state index in [1.54, 1.807) is 0 Å². The lowest BCUT2D eigenvalue weighted by Crippen LogP contribution is -2.51. The fraction of sp³-hybridized carbons (Fsp3) is 1.00. The van der Waals surface area contributed by atoms with E-state index in [0.29, 0.717) is 11.6 Å². The summed E-state index contributed by atoms with van der Waals surface area (Å²) in [6.45, 7) is 6.74. The summed E-state index contributed by atoms with van der Waals surface area (Å²) in [4.78, 5) is 0. The van der Waals surface area contributed by atoms with Gasteiger partial charge in [0.1, 0.15) is 0 Å². The third-order valence-corrected chi connectivity index (χ3v) is 2.09.